The standard InChI is InChI=1S/C27H25ClN2O2S/c1-19-4-8-21(9-5-19)25-18-33-27(30-25)22-10-6-20(7-11-22)17-29-26(31)3-2-16-32-24-14-12-23(28)13-15-24/h4-15,18H,2-3,16-17H2,1H3,(H,29,31). The number of benzene rings is 3. The summed E-state index contributed by atoms with van der Waals surface area (Å²) in [6.45, 7) is 3.07. The molecule has 1 aromatic heterocycles. The molecule has 0 aliphatic heterocycles. The van der Waals surface area contributed by atoms with Gasteiger partial charge in [0.2, 0.25) is 5.91 Å². The molecule has 0 bridgehead atoms. The minimum absolute atomic E-state index is 0.0152. The molecule has 4 aromatic rings. The van der Waals surface area contributed by atoms with E-state index < -0.39 is 0 Å². The number of thiazole rings is 1. The second-order valence-electron chi connectivity index (χ2n) is 7.78. The molecule has 1 heterocycles. The van der Waals surface area contributed by atoms with Crippen LogP contribution in [-0.2, 0) is 11.3 Å². The lowest BCUT2D eigenvalue weighted by atomic mass is 10.1. The number of halogens is 1. The van der Waals surface area contributed by atoms with Crippen LogP contribution in [0.25, 0.3) is 21.8 Å². The number of ether oxygens (including phenoxy) is 1. The Labute approximate surface area is 203 Å². The van der Waals surface area contributed by atoms with Crippen LogP contribution in [0.3, 0.4) is 0 Å². The van der Waals surface area contributed by atoms with Gasteiger partial charge in [-0.25, -0.2) is 4.98 Å². The summed E-state index contributed by atoms with van der Waals surface area (Å²) in [5.41, 5.74) is 5.49. The molecule has 33 heavy (non-hydrogen) atoms. The van der Waals surface area contributed by atoms with Crippen molar-refractivity contribution < 1.29 is 9.53 Å². The van der Waals surface area contributed by atoms with Crippen molar-refractivity contribution in [1.29, 1.82) is 0 Å². The zero-order chi connectivity index (χ0) is 23.0. The van der Waals surface area contributed by atoms with Crippen LogP contribution in [0.5, 0.6) is 5.75 Å². The average molecular weight is 477 g/mol. The Morgan fingerprint density at radius 3 is 2.39 bits per heavy atom. The summed E-state index contributed by atoms with van der Waals surface area (Å²) in [6.07, 6.45) is 1.08. The number of hydrogen-bond acceptors (Lipinski definition) is 4. The van der Waals surface area contributed by atoms with Gasteiger partial charge in [0.1, 0.15) is 10.8 Å². The number of carbonyl (C=O) groups is 1. The van der Waals surface area contributed by atoms with Crippen LogP contribution in [0.1, 0.15) is 24.0 Å². The molecular formula is C27H25ClN2O2S. The lowest BCUT2D eigenvalue weighted by Crippen LogP contribution is -2.22. The van der Waals surface area contributed by atoms with E-state index in [0.29, 0.717) is 31.0 Å². The first-order valence-corrected chi connectivity index (χ1v) is 12.1. The van der Waals surface area contributed by atoms with Crippen LogP contribution < -0.4 is 10.1 Å². The van der Waals surface area contributed by atoms with Crippen LogP contribution in [0.4, 0.5) is 0 Å². The van der Waals surface area contributed by atoms with E-state index in [1.165, 1.54) is 5.56 Å². The molecule has 0 saturated carbocycles. The van der Waals surface area contributed by atoms with Gasteiger partial charge in [-0.05, 0) is 43.2 Å². The minimum Gasteiger partial charge on any atom is -0.494 e. The summed E-state index contributed by atoms with van der Waals surface area (Å²) < 4.78 is 5.62. The quantitative estimate of drug-likeness (QED) is 0.267. The van der Waals surface area contributed by atoms with Crippen LogP contribution in [0.15, 0.2) is 78.2 Å². The molecule has 0 fully saturated rings. The molecule has 0 radical (unpaired) electrons. The second-order valence-corrected chi connectivity index (χ2v) is 9.08. The Morgan fingerprint density at radius 2 is 1.67 bits per heavy atom. The van der Waals surface area contributed by atoms with Gasteiger partial charge in [-0.1, -0.05) is 65.7 Å². The van der Waals surface area contributed by atoms with Gasteiger partial charge in [0.25, 0.3) is 0 Å². The SMILES string of the molecule is Cc1ccc(-c2csc(-c3ccc(CNC(=O)CCCOc4ccc(Cl)cc4)cc3)n2)cc1. The average Bonchev–Trinajstić information content (AvgIpc) is 3.33. The summed E-state index contributed by atoms with van der Waals surface area (Å²) >= 11 is 7.49. The molecular weight excluding hydrogens is 452 g/mol. The monoisotopic (exact) mass is 476 g/mol. The highest BCUT2D eigenvalue weighted by atomic mass is 35.5. The van der Waals surface area contributed by atoms with Gasteiger partial charge in [0.15, 0.2) is 0 Å². The van der Waals surface area contributed by atoms with E-state index in [2.05, 4.69) is 54.0 Å². The fourth-order valence-electron chi connectivity index (χ4n) is 3.27. The number of nitrogens with zero attached hydrogens (tertiary/aromatic N) is 1. The number of amides is 1. The Hall–Kier alpha value is -3.15. The van der Waals surface area contributed by atoms with E-state index in [0.717, 1.165) is 33.1 Å². The highest BCUT2D eigenvalue weighted by molar-refractivity contribution is 7.13. The summed E-state index contributed by atoms with van der Waals surface area (Å²) in [4.78, 5) is 16.9. The van der Waals surface area contributed by atoms with E-state index in [4.69, 9.17) is 21.3 Å². The summed E-state index contributed by atoms with van der Waals surface area (Å²) in [5, 5.41) is 6.72. The van der Waals surface area contributed by atoms with Gasteiger partial charge in [-0.2, -0.15) is 0 Å². The van der Waals surface area contributed by atoms with Gasteiger partial charge in [0.05, 0.1) is 12.3 Å². The van der Waals surface area contributed by atoms with Crippen molar-refractivity contribution in [3.05, 3.63) is 94.3 Å². The molecule has 1 amide bonds. The van der Waals surface area contributed by atoms with E-state index in [9.17, 15) is 4.79 Å². The van der Waals surface area contributed by atoms with Crippen molar-refractivity contribution in [3.63, 3.8) is 0 Å². The minimum atomic E-state index is 0.0152. The maximum Gasteiger partial charge on any atom is 0.220 e. The summed E-state index contributed by atoms with van der Waals surface area (Å²) in [6, 6.07) is 23.8. The first kappa shape index (κ1) is 23.0. The van der Waals surface area contributed by atoms with Crippen LogP contribution in [0.2, 0.25) is 5.02 Å². The van der Waals surface area contributed by atoms with Gasteiger partial charge in [-0.15, -0.1) is 11.3 Å². The molecule has 4 nitrogen and oxygen atoms in total. The lowest BCUT2D eigenvalue weighted by molar-refractivity contribution is -0.121. The molecule has 1 N–H and O–H groups in total. The highest BCUT2D eigenvalue weighted by Gasteiger charge is 2.07. The molecule has 4 rings (SSSR count). The van der Waals surface area contributed by atoms with Crippen LogP contribution in [0, 0.1) is 6.92 Å². The van der Waals surface area contributed by atoms with E-state index >= 15 is 0 Å². The molecule has 0 spiro atoms. The zero-order valence-corrected chi connectivity index (χ0v) is 20.0. The molecule has 168 valence electrons. The number of carbonyl (C=O) groups excluding carboxylic acids is 1. The molecule has 0 unspecified atom stereocenters. The molecule has 0 aliphatic carbocycles. The first-order chi connectivity index (χ1) is 16.1. The number of aryl methyl sites for hydroxylation is 1. The third-order valence-corrected chi connectivity index (χ3v) is 6.32. The second kappa shape index (κ2) is 11.1. The van der Waals surface area contributed by atoms with Crippen molar-refractivity contribution in [2.75, 3.05) is 6.61 Å². The maximum atomic E-state index is 12.1. The fraction of sp³-hybridized carbons (Fsp3) is 0.185. The van der Waals surface area contributed by atoms with Gasteiger partial charge >= 0.3 is 0 Å². The molecule has 0 saturated heterocycles. The molecule has 0 aliphatic rings. The van der Waals surface area contributed by atoms with Gasteiger partial charge < -0.3 is 10.1 Å². The number of aromatic nitrogens is 1. The van der Waals surface area contributed by atoms with Gasteiger partial charge in [-0.3, -0.25) is 4.79 Å². The third-order valence-electron chi connectivity index (χ3n) is 5.17. The van der Waals surface area contributed by atoms with Crippen LogP contribution >= 0.6 is 22.9 Å². The number of rotatable bonds is 9. The maximum absolute atomic E-state index is 12.1. The predicted molar refractivity (Wildman–Crippen MR) is 136 cm³/mol. The fourth-order valence-corrected chi connectivity index (χ4v) is 4.23. The zero-order valence-electron chi connectivity index (χ0n) is 18.4. The van der Waals surface area contributed by atoms with E-state index in [1.807, 2.05) is 24.3 Å². The number of hydrogen-bond donors (Lipinski definition) is 1. The Balaban J connectivity index is 1.22. The van der Waals surface area contributed by atoms with E-state index in [-0.39, 0.29) is 5.91 Å². The van der Waals surface area contributed by atoms with E-state index in [1.54, 1.807) is 23.5 Å². The van der Waals surface area contributed by atoms with Crippen molar-refractivity contribution in [1.82, 2.24) is 10.3 Å². The first-order valence-electron chi connectivity index (χ1n) is 10.8. The summed E-state index contributed by atoms with van der Waals surface area (Å²) in [5.74, 6) is 0.771. The summed E-state index contributed by atoms with van der Waals surface area (Å²) in [7, 11) is 0. The molecule has 3 aromatic carbocycles. The highest BCUT2D eigenvalue weighted by Crippen LogP contribution is 2.29. The molecule has 0 atom stereocenters. The Bertz CT molecular complexity index is 1190. The normalized spacial score (nSPS) is 10.7. The Morgan fingerprint density at radius 1 is 0.970 bits per heavy atom. The largest absolute Gasteiger partial charge is 0.494 e. The molecule has 6 heteroatoms. The predicted octanol–water partition coefficient (Wildman–Crippen LogP) is 6.91. The van der Waals surface area contributed by atoms with Crippen molar-refractivity contribution in [2.45, 2.75) is 26.3 Å². The lowest BCUT2D eigenvalue weighted by Gasteiger charge is -2.08. The van der Waals surface area contributed by atoms with Crippen molar-refractivity contribution in [3.8, 4) is 27.6 Å². The smallest absolute Gasteiger partial charge is 0.220 e. The van der Waals surface area contributed by atoms with Crippen LogP contribution in [-0.4, -0.2) is 17.5 Å². The van der Waals surface area contributed by atoms with Crippen molar-refractivity contribution >= 4 is 28.8 Å². The third kappa shape index (κ3) is 6.67. The topological polar surface area (TPSA) is 51.2 Å². The van der Waals surface area contributed by atoms with Gasteiger partial charge in [0, 0.05) is 34.5 Å². The van der Waals surface area contributed by atoms with Crippen molar-refractivity contribution in [2.24, 2.45) is 0 Å². The Kier molecular flexibility index (Phi) is 7.76. The number of nitrogens with one attached hydrogen (secondary N) is 1.